The zero-order valence-corrected chi connectivity index (χ0v) is 13.1. The molecular weight excluding hydrogens is 264 g/mol. The molecule has 0 aromatic heterocycles. The van der Waals surface area contributed by atoms with E-state index in [2.05, 4.69) is 6.92 Å². The zero-order chi connectivity index (χ0) is 15.7. The molecule has 21 heavy (non-hydrogen) atoms. The minimum Gasteiger partial charge on any atom is -0.366 e. The van der Waals surface area contributed by atoms with Gasteiger partial charge in [-0.2, -0.15) is 0 Å². The minimum absolute atomic E-state index is 0.222. The van der Waals surface area contributed by atoms with Crippen LogP contribution in [0.4, 0.5) is 0 Å². The lowest BCUT2D eigenvalue weighted by Gasteiger charge is -2.27. The summed E-state index contributed by atoms with van der Waals surface area (Å²) >= 11 is 0. The summed E-state index contributed by atoms with van der Waals surface area (Å²) in [6.45, 7) is 5.81. The van der Waals surface area contributed by atoms with E-state index in [1.165, 1.54) is 0 Å². The lowest BCUT2D eigenvalue weighted by molar-refractivity contribution is 0.0985. The molecule has 2 rings (SSSR count). The van der Waals surface area contributed by atoms with Crippen LogP contribution in [0.1, 0.15) is 81.5 Å². The summed E-state index contributed by atoms with van der Waals surface area (Å²) in [5, 5.41) is 0. The van der Waals surface area contributed by atoms with Crippen molar-refractivity contribution >= 4 is 11.8 Å². The van der Waals surface area contributed by atoms with Gasteiger partial charge in [0.15, 0.2) is 0 Å². The number of benzene rings is 1. The first-order valence-corrected chi connectivity index (χ1v) is 7.61. The molecule has 4 N–H and O–H groups in total. The number of primary amides is 2. The maximum atomic E-state index is 12.0. The quantitative estimate of drug-likeness (QED) is 0.876. The molecular formula is C17H24N2O2. The Labute approximate surface area is 125 Å². The van der Waals surface area contributed by atoms with Gasteiger partial charge in [0, 0.05) is 11.1 Å². The fourth-order valence-corrected chi connectivity index (χ4v) is 3.62. The Morgan fingerprint density at radius 2 is 1.52 bits per heavy atom. The predicted molar refractivity (Wildman–Crippen MR) is 83.5 cm³/mol. The van der Waals surface area contributed by atoms with E-state index in [1.807, 2.05) is 13.8 Å². The first-order chi connectivity index (χ1) is 9.86. The first-order valence-electron chi connectivity index (χ1n) is 7.61. The van der Waals surface area contributed by atoms with Crippen molar-refractivity contribution in [2.75, 3.05) is 0 Å². The summed E-state index contributed by atoms with van der Waals surface area (Å²) < 4.78 is 0. The van der Waals surface area contributed by atoms with Crippen molar-refractivity contribution in [3.05, 3.63) is 33.4 Å². The van der Waals surface area contributed by atoms with E-state index in [0.717, 1.165) is 54.4 Å². The number of hydrogen-bond acceptors (Lipinski definition) is 2. The summed E-state index contributed by atoms with van der Waals surface area (Å²) in [4.78, 5) is 23.9. The number of rotatable bonds is 2. The standard InChI is InChI=1S/C17H24N2O2/c1-9-7-5-4-6-8-12-13(9)15(17(19)21)11(3)10(2)14(12)16(18)20/h9H,4-8H2,1-3H3,(H2,18,20)(H2,19,21). The molecule has 0 bridgehead atoms. The third-order valence-corrected chi connectivity index (χ3v) is 4.76. The summed E-state index contributed by atoms with van der Waals surface area (Å²) in [5.74, 6) is -0.592. The molecule has 0 spiro atoms. The second-order valence-electron chi connectivity index (χ2n) is 6.12. The van der Waals surface area contributed by atoms with Gasteiger partial charge in [0.1, 0.15) is 0 Å². The number of fused-ring (bicyclic) bond motifs is 1. The highest BCUT2D eigenvalue weighted by Crippen LogP contribution is 2.37. The number of carbonyl (C=O) groups excluding carboxylic acids is 2. The summed E-state index contributed by atoms with van der Waals surface area (Å²) in [6.07, 6.45) is 5.09. The second-order valence-corrected chi connectivity index (χ2v) is 6.12. The van der Waals surface area contributed by atoms with Gasteiger partial charge in [0.05, 0.1) is 0 Å². The van der Waals surface area contributed by atoms with Crippen molar-refractivity contribution in [1.82, 2.24) is 0 Å². The summed E-state index contributed by atoms with van der Waals surface area (Å²) in [6, 6.07) is 0. The SMILES string of the molecule is Cc1c(C)c(C(N)=O)c2c(c1C(N)=O)CCCCCC2C. The molecule has 0 heterocycles. The molecule has 1 atom stereocenters. The molecule has 1 aromatic rings. The molecule has 0 radical (unpaired) electrons. The fourth-order valence-electron chi connectivity index (χ4n) is 3.62. The van der Waals surface area contributed by atoms with Gasteiger partial charge in [-0.05, 0) is 61.3 Å². The van der Waals surface area contributed by atoms with Crippen molar-refractivity contribution in [2.45, 2.75) is 58.8 Å². The van der Waals surface area contributed by atoms with E-state index in [9.17, 15) is 9.59 Å². The molecule has 4 heteroatoms. The molecule has 4 nitrogen and oxygen atoms in total. The van der Waals surface area contributed by atoms with E-state index in [0.29, 0.717) is 11.1 Å². The van der Waals surface area contributed by atoms with Crippen molar-refractivity contribution in [2.24, 2.45) is 11.5 Å². The molecule has 114 valence electrons. The maximum Gasteiger partial charge on any atom is 0.249 e. The Hall–Kier alpha value is -1.84. The lowest BCUT2D eigenvalue weighted by Crippen LogP contribution is -2.25. The van der Waals surface area contributed by atoms with Crippen LogP contribution in [0.3, 0.4) is 0 Å². The lowest BCUT2D eigenvalue weighted by atomic mass is 9.77. The van der Waals surface area contributed by atoms with E-state index < -0.39 is 11.8 Å². The number of nitrogens with two attached hydrogens (primary N) is 2. The molecule has 1 aliphatic rings. The van der Waals surface area contributed by atoms with Gasteiger partial charge in [-0.1, -0.05) is 19.8 Å². The van der Waals surface area contributed by atoms with Crippen LogP contribution in [0.25, 0.3) is 0 Å². The van der Waals surface area contributed by atoms with Gasteiger partial charge in [-0.15, -0.1) is 0 Å². The van der Waals surface area contributed by atoms with Crippen molar-refractivity contribution < 1.29 is 9.59 Å². The topological polar surface area (TPSA) is 86.2 Å². The largest absolute Gasteiger partial charge is 0.366 e. The van der Waals surface area contributed by atoms with Gasteiger partial charge < -0.3 is 11.5 Å². The zero-order valence-electron chi connectivity index (χ0n) is 13.1. The molecule has 0 aliphatic heterocycles. The maximum absolute atomic E-state index is 12.0. The second kappa shape index (κ2) is 5.88. The normalized spacial score (nSPS) is 18.5. The van der Waals surface area contributed by atoms with E-state index >= 15 is 0 Å². The van der Waals surface area contributed by atoms with Crippen LogP contribution in [0, 0.1) is 13.8 Å². The molecule has 2 amide bonds. The van der Waals surface area contributed by atoms with Crippen LogP contribution < -0.4 is 11.5 Å². The molecule has 1 unspecified atom stereocenters. The number of hydrogen-bond donors (Lipinski definition) is 2. The third kappa shape index (κ3) is 2.67. The highest BCUT2D eigenvalue weighted by Gasteiger charge is 2.28. The molecule has 1 aliphatic carbocycles. The van der Waals surface area contributed by atoms with E-state index in [4.69, 9.17) is 11.5 Å². The van der Waals surface area contributed by atoms with Crippen LogP contribution >= 0.6 is 0 Å². The number of carbonyl (C=O) groups is 2. The van der Waals surface area contributed by atoms with Crippen LogP contribution in [-0.4, -0.2) is 11.8 Å². The summed E-state index contributed by atoms with van der Waals surface area (Å²) in [5.41, 5.74) is 15.9. The number of amides is 2. The Kier molecular flexibility index (Phi) is 4.35. The summed E-state index contributed by atoms with van der Waals surface area (Å²) in [7, 11) is 0. The highest BCUT2D eigenvalue weighted by molar-refractivity contribution is 6.02. The van der Waals surface area contributed by atoms with Gasteiger partial charge in [-0.3, -0.25) is 9.59 Å². The average molecular weight is 288 g/mol. The molecule has 0 saturated carbocycles. The molecule has 0 fully saturated rings. The Morgan fingerprint density at radius 3 is 2.10 bits per heavy atom. The van der Waals surface area contributed by atoms with Gasteiger partial charge >= 0.3 is 0 Å². The van der Waals surface area contributed by atoms with Crippen LogP contribution in [0.5, 0.6) is 0 Å². The predicted octanol–water partition coefficient (Wildman–Crippen LogP) is 2.72. The van der Waals surface area contributed by atoms with Crippen molar-refractivity contribution in [1.29, 1.82) is 0 Å². The molecule has 1 aromatic carbocycles. The van der Waals surface area contributed by atoms with Gasteiger partial charge in [-0.25, -0.2) is 0 Å². The first kappa shape index (κ1) is 15.5. The van der Waals surface area contributed by atoms with Crippen molar-refractivity contribution in [3.63, 3.8) is 0 Å². The Balaban J connectivity index is 2.87. The van der Waals surface area contributed by atoms with Crippen molar-refractivity contribution in [3.8, 4) is 0 Å². The van der Waals surface area contributed by atoms with Crippen LogP contribution in [0.15, 0.2) is 0 Å². The monoisotopic (exact) mass is 288 g/mol. The van der Waals surface area contributed by atoms with Crippen LogP contribution in [-0.2, 0) is 6.42 Å². The Bertz CT molecular complexity index is 606. The van der Waals surface area contributed by atoms with Gasteiger partial charge in [0.25, 0.3) is 0 Å². The van der Waals surface area contributed by atoms with Gasteiger partial charge in [0.2, 0.25) is 11.8 Å². The third-order valence-electron chi connectivity index (χ3n) is 4.76. The average Bonchev–Trinajstić information content (AvgIpc) is 2.38. The van der Waals surface area contributed by atoms with E-state index in [-0.39, 0.29) is 5.92 Å². The van der Waals surface area contributed by atoms with E-state index in [1.54, 1.807) is 0 Å². The smallest absolute Gasteiger partial charge is 0.249 e. The fraction of sp³-hybridized carbons (Fsp3) is 0.529. The highest BCUT2D eigenvalue weighted by atomic mass is 16.1. The minimum atomic E-state index is -0.407. The van der Waals surface area contributed by atoms with Crippen LogP contribution in [0.2, 0.25) is 0 Å². The molecule has 0 saturated heterocycles. The Morgan fingerprint density at radius 1 is 0.952 bits per heavy atom.